The summed E-state index contributed by atoms with van der Waals surface area (Å²) < 4.78 is 7.32. The molecule has 1 saturated heterocycles. The number of unbranched alkanes of at least 4 members (excludes halogenated alkanes) is 2. The topological polar surface area (TPSA) is 160 Å². The highest BCUT2D eigenvalue weighted by Crippen LogP contribution is 2.41. The molecule has 6 N–H and O–H groups in total. The van der Waals surface area contributed by atoms with Crippen molar-refractivity contribution in [3.8, 4) is 0 Å². The Hall–Kier alpha value is -2.01. The van der Waals surface area contributed by atoms with Crippen molar-refractivity contribution in [2.45, 2.75) is 56.6 Å². The normalized spacial score (nSPS) is 29.5. The lowest BCUT2D eigenvalue weighted by atomic mass is 9.96. The monoisotopic (exact) mass is 353 g/mol. The van der Waals surface area contributed by atoms with Crippen molar-refractivity contribution < 1.29 is 20.1 Å². The number of aromatic amines is 1. The smallest absolute Gasteiger partial charge is 0.280 e. The van der Waals surface area contributed by atoms with E-state index in [1.54, 1.807) is 0 Å². The van der Waals surface area contributed by atoms with E-state index >= 15 is 0 Å². The molecule has 0 unspecified atom stereocenters. The number of imidazole rings is 1. The Balaban J connectivity index is 2.14. The van der Waals surface area contributed by atoms with Crippen LogP contribution < -0.4 is 11.3 Å². The first-order valence-corrected chi connectivity index (χ1v) is 8.32. The quantitative estimate of drug-likeness (QED) is 0.415. The number of aromatic nitrogens is 4. The molecule has 138 valence electrons. The van der Waals surface area contributed by atoms with Crippen LogP contribution >= 0.6 is 0 Å². The number of nitrogens with two attached hydrogens (primary N) is 1. The lowest BCUT2D eigenvalue weighted by Crippen LogP contribution is -2.45. The van der Waals surface area contributed by atoms with E-state index in [1.165, 1.54) is 10.9 Å². The van der Waals surface area contributed by atoms with Crippen molar-refractivity contribution in [1.29, 1.82) is 0 Å². The molecule has 0 bridgehead atoms. The number of nitrogens with zero attached hydrogens (tertiary/aromatic N) is 3. The van der Waals surface area contributed by atoms with Gasteiger partial charge in [-0.25, -0.2) is 4.98 Å². The molecule has 1 fully saturated rings. The number of aliphatic hydroxyl groups excluding tert-OH is 3. The SMILES string of the molecule is CCCCC[C@@]1(n2cnc3c(=O)[nH]c(N)nc32)O[C@H](CO)[C@@H](O)[C@H]1O. The first kappa shape index (κ1) is 17.8. The van der Waals surface area contributed by atoms with E-state index in [0.29, 0.717) is 12.8 Å². The van der Waals surface area contributed by atoms with E-state index in [1.807, 2.05) is 6.92 Å². The van der Waals surface area contributed by atoms with E-state index in [0.717, 1.165) is 12.8 Å². The van der Waals surface area contributed by atoms with Gasteiger partial charge >= 0.3 is 0 Å². The van der Waals surface area contributed by atoms with E-state index in [-0.39, 0.29) is 17.1 Å². The molecule has 0 amide bonds. The largest absolute Gasteiger partial charge is 0.394 e. The minimum absolute atomic E-state index is 0.0572. The lowest BCUT2D eigenvalue weighted by Gasteiger charge is -2.33. The standard InChI is InChI=1S/C15H23N5O5/c1-2-3-4-5-15(11(23)10(22)8(6-21)25-15)20-7-17-9-12(20)18-14(16)19-13(9)24/h7-8,10-11,21-23H,2-6H2,1H3,(H3,16,18,19,24)/t8-,10-,11-,15-/m1/s1. The van der Waals surface area contributed by atoms with Gasteiger partial charge in [0.25, 0.3) is 5.56 Å². The van der Waals surface area contributed by atoms with Gasteiger partial charge in [-0.2, -0.15) is 4.98 Å². The Morgan fingerprint density at radius 1 is 1.44 bits per heavy atom. The summed E-state index contributed by atoms with van der Waals surface area (Å²) >= 11 is 0. The second-order valence-corrected chi connectivity index (χ2v) is 6.31. The van der Waals surface area contributed by atoms with Gasteiger partial charge in [0.05, 0.1) is 12.9 Å². The number of hydrogen-bond acceptors (Lipinski definition) is 8. The molecule has 0 radical (unpaired) electrons. The van der Waals surface area contributed by atoms with Crippen molar-refractivity contribution in [2.24, 2.45) is 0 Å². The fourth-order valence-corrected chi connectivity index (χ4v) is 3.38. The third kappa shape index (κ3) is 2.80. The zero-order valence-corrected chi connectivity index (χ0v) is 13.9. The average molecular weight is 353 g/mol. The number of nitrogen functional groups attached to an aromatic ring is 1. The first-order valence-electron chi connectivity index (χ1n) is 8.32. The van der Waals surface area contributed by atoms with Gasteiger partial charge in [0, 0.05) is 0 Å². The summed E-state index contributed by atoms with van der Waals surface area (Å²) in [6, 6.07) is 0. The molecule has 3 heterocycles. The van der Waals surface area contributed by atoms with Gasteiger partial charge < -0.3 is 25.8 Å². The highest BCUT2D eigenvalue weighted by molar-refractivity contribution is 5.70. The molecule has 10 nitrogen and oxygen atoms in total. The first-order chi connectivity index (χ1) is 11.9. The summed E-state index contributed by atoms with van der Waals surface area (Å²) in [6.45, 7) is 1.59. The highest BCUT2D eigenvalue weighted by Gasteiger charge is 2.55. The number of rotatable bonds is 6. The summed E-state index contributed by atoms with van der Waals surface area (Å²) in [7, 11) is 0. The molecule has 0 spiro atoms. The fraction of sp³-hybridized carbons (Fsp3) is 0.667. The van der Waals surface area contributed by atoms with E-state index in [2.05, 4.69) is 15.0 Å². The van der Waals surface area contributed by atoms with Crippen LogP contribution in [0.2, 0.25) is 0 Å². The lowest BCUT2D eigenvalue weighted by molar-refractivity contribution is -0.151. The van der Waals surface area contributed by atoms with Gasteiger partial charge in [-0.05, 0) is 12.8 Å². The van der Waals surface area contributed by atoms with Crippen molar-refractivity contribution in [2.75, 3.05) is 12.3 Å². The fourth-order valence-electron chi connectivity index (χ4n) is 3.38. The van der Waals surface area contributed by atoms with Crippen LogP contribution in [-0.2, 0) is 10.5 Å². The van der Waals surface area contributed by atoms with Crippen LogP contribution in [0.1, 0.15) is 32.6 Å². The Kier molecular flexibility index (Phi) is 4.78. The maximum Gasteiger partial charge on any atom is 0.280 e. The van der Waals surface area contributed by atoms with Gasteiger partial charge in [-0.3, -0.25) is 14.3 Å². The third-order valence-corrected chi connectivity index (χ3v) is 4.67. The van der Waals surface area contributed by atoms with Crippen LogP contribution in [0.4, 0.5) is 5.95 Å². The number of anilines is 1. The molecule has 10 heteroatoms. The van der Waals surface area contributed by atoms with Crippen LogP contribution in [0.25, 0.3) is 11.2 Å². The number of fused-ring (bicyclic) bond motifs is 1. The second kappa shape index (κ2) is 6.71. The van der Waals surface area contributed by atoms with Crippen LogP contribution in [0.15, 0.2) is 11.1 Å². The molecule has 1 aliphatic heterocycles. The average Bonchev–Trinajstić information content (AvgIpc) is 3.10. The zero-order chi connectivity index (χ0) is 18.2. The van der Waals surface area contributed by atoms with Crippen molar-refractivity contribution >= 4 is 17.1 Å². The van der Waals surface area contributed by atoms with Crippen molar-refractivity contribution in [3.05, 3.63) is 16.7 Å². The number of nitrogens with one attached hydrogen (secondary N) is 1. The predicted octanol–water partition coefficient (Wildman–Crippen LogP) is -0.952. The van der Waals surface area contributed by atoms with Crippen LogP contribution in [0.5, 0.6) is 0 Å². The molecule has 2 aromatic heterocycles. The Morgan fingerprint density at radius 3 is 2.84 bits per heavy atom. The molecule has 0 saturated carbocycles. The summed E-state index contributed by atoms with van der Waals surface area (Å²) in [6.07, 6.45) is 0.701. The number of ether oxygens (including phenoxy) is 1. The van der Waals surface area contributed by atoms with Gasteiger partial charge in [0.2, 0.25) is 5.95 Å². The molecule has 25 heavy (non-hydrogen) atoms. The summed E-state index contributed by atoms with van der Waals surface area (Å²) in [4.78, 5) is 22.5. The van der Waals surface area contributed by atoms with Gasteiger partial charge in [0.15, 0.2) is 16.9 Å². The minimum Gasteiger partial charge on any atom is -0.394 e. The Morgan fingerprint density at radius 2 is 2.20 bits per heavy atom. The summed E-state index contributed by atoms with van der Waals surface area (Å²) in [5.74, 6) is -0.0882. The molecule has 0 aliphatic carbocycles. The molecular weight excluding hydrogens is 330 g/mol. The maximum atomic E-state index is 12.0. The third-order valence-electron chi connectivity index (χ3n) is 4.67. The zero-order valence-electron chi connectivity index (χ0n) is 13.9. The highest BCUT2D eigenvalue weighted by atomic mass is 16.6. The second-order valence-electron chi connectivity index (χ2n) is 6.31. The van der Waals surface area contributed by atoms with Crippen molar-refractivity contribution in [1.82, 2.24) is 19.5 Å². The molecule has 0 aromatic carbocycles. The van der Waals surface area contributed by atoms with Gasteiger partial charge in [0.1, 0.15) is 18.3 Å². The molecule has 1 aliphatic rings. The van der Waals surface area contributed by atoms with Crippen molar-refractivity contribution in [3.63, 3.8) is 0 Å². The Labute approximate surface area is 143 Å². The van der Waals surface area contributed by atoms with E-state index in [4.69, 9.17) is 10.5 Å². The molecule has 3 rings (SSSR count). The number of hydrogen-bond donors (Lipinski definition) is 5. The summed E-state index contributed by atoms with van der Waals surface area (Å²) in [5, 5.41) is 30.4. The molecule has 2 aromatic rings. The predicted molar refractivity (Wildman–Crippen MR) is 88.6 cm³/mol. The molecular formula is C15H23N5O5. The van der Waals surface area contributed by atoms with Gasteiger partial charge in [-0.15, -0.1) is 0 Å². The van der Waals surface area contributed by atoms with Crippen LogP contribution in [0, 0.1) is 0 Å². The molecule has 4 atom stereocenters. The summed E-state index contributed by atoms with van der Waals surface area (Å²) in [5.41, 5.74) is 3.96. The van der Waals surface area contributed by atoms with Crippen LogP contribution in [-0.4, -0.2) is 59.8 Å². The number of aliphatic hydroxyl groups is 3. The van der Waals surface area contributed by atoms with E-state index in [9.17, 15) is 20.1 Å². The Bertz CT molecular complexity index is 805. The van der Waals surface area contributed by atoms with E-state index < -0.39 is 36.2 Å². The number of H-pyrrole nitrogens is 1. The van der Waals surface area contributed by atoms with Crippen LogP contribution in [0.3, 0.4) is 0 Å². The maximum absolute atomic E-state index is 12.0. The minimum atomic E-state index is -1.38. The van der Waals surface area contributed by atoms with Gasteiger partial charge in [-0.1, -0.05) is 19.8 Å².